The molecular weight excluding hydrogens is 296 g/mol. The minimum atomic E-state index is -0.598. The smallest absolute Gasteiger partial charge is 0.125 e. The summed E-state index contributed by atoms with van der Waals surface area (Å²) in [4.78, 5) is -0.598. The van der Waals surface area contributed by atoms with E-state index >= 15 is 0 Å². The van der Waals surface area contributed by atoms with Crippen LogP contribution in [0, 0.1) is 24.1 Å². The second-order valence-corrected chi connectivity index (χ2v) is 5.73. The first-order valence-electron chi connectivity index (χ1n) is 7.52. The lowest BCUT2D eigenvalue weighted by atomic mass is 9.89. The van der Waals surface area contributed by atoms with Gasteiger partial charge < -0.3 is 9.47 Å². The Bertz CT molecular complexity index is 574. The van der Waals surface area contributed by atoms with Crippen molar-refractivity contribution in [3.63, 3.8) is 0 Å². The molecule has 1 aromatic rings. The molecule has 0 bridgehead atoms. The molecule has 0 aliphatic carbocycles. The quantitative estimate of drug-likeness (QED) is 0.506. The number of unbranched alkanes of at least 4 members (excludes halogenated alkanes) is 1. The lowest BCUT2D eigenvalue weighted by molar-refractivity contribution is 0.219. The van der Waals surface area contributed by atoms with Crippen LogP contribution in [0.1, 0.15) is 51.2 Å². The average molecular weight is 319 g/mol. The zero-order valence-corrected chi connectivity index (χ0v) is 14.3. The lowest BCUT2D eigenvalue weighted by Crippen LogP contribution is -2.26. The molecule has 0 N–H and O–H groups in total. The third-order valence-corrected chi connectivity index (χ3v) is 3.81. The molecule has 22 heavy (non-hydrogen) atoms. The summed E-state index contributed by atoms with van der Waals surface area (Å²) in [5, 5.41) is 0. The summed E-state index contributed by atoms with van der Waals surface area (Å²) in [6.07, 6.45) is 8.19. The van der Waals surface area contributed by atoms with Crippen molar-refractivity contribution < 1.29 is 9.47 Å². The molecule has 0 fully saturated rings. The van der Waals surface area contributed by atoms with Crippen molar-refractivity contribution in [2.45, 2.75) is 51.5 Å². The molecule has 3 heteroatoms. The van der Waals surface area contributed by atoms with Crippen molar-refractivity contribution >= 4 is 11.6 Å². The molecule has 0 radical (unpaired) electrons. The Morgan fingerprint density at radius 3 is 2.45 bits per heavy atom. The molecule has 0 saturated heterocycles. The van der Waals surface area contributed by atoms with Gasteiger partial charge in [-0.25, -0.2) is 0 Å². The third kappa shape index (κ3) is 5.55. The summed E-state index contributed by atoms with van der Waals surface area (Å²) in [6, 6.07) is 8.01. The second kappa shape index (κ2) is 10.0. The van der Waals surface area contributed by atoms with Gasteiger partial charge in [0.2, 0.25) is 0 Å². The van der Waals surface area contributed by atoms with Gasteiger partial charge in [-0.05, 0) is 17.5 Å². The highest BCUT2D eigenvalue weighted by Crippen LogP contribution is 2.37. The Labute approximate surface area is 139 Å². The lowest BCUT2D eigenvalue weighted by Gasteiger charge is -2.28. The Morgan fingerprint density at radius 2 is 1.77 bits per heavy atom. The number of alkyl halides is 1. The zero-order chi connectivity index (χ0) is 16.3. The number of hydrogen-bond acceptors (Lipinski definition) is 2. The first-order valence-corrected chi connectivity index (χ1v) is 7.90. The van der Waals surface area contributed by atoms with Gasteiger partial charge in [-0.1, -0.05) is 55.9 Å². The van der Waals surface area contributed by atoms with Crippen molar-refractivity contribution in [2.24, 2.45) is 0 Å². The van der Waals surface area contributed by atoms with Crippen LogP contribution in [0.15, 0.2) is 24.3 Å². The van der Waals surface area contributed by atoms with Gasteiger partial charge in [-0.2, -0.15) is 0 Å². The molecular formula is C19H23ClO2. The molecule has 0 amide bonds. The molecule has 1 rings (SSSR count). The van der Waals surface area contributed by atoms with Crippen molar-refractivity contribution in [1.82, 2.24) is 0 Å². The molecule has 0 saturated carbocycles. The average Bonchev–Trinajstić information content (AvgIpc) is 2.54. The van der Waals surface area contributed by atoms with E-state index in [0.717, 1.165) is 30.4 Å². The molecule has 0 aliphatic heterocycles. The minimum Gasteiger partial charge on any atom is -0.444 e. The van der Waals surface area contributed by atoms with Crippen LogP contribution in [0.25, 0.3) is 0 Å². The summed E-state index contributed by atoms with van der Waals surface area (Å²) in [6.45, 7) is 6.40. The summed E-state index contributed by atoms with van der Waals surface area (Å²) in [5.41, 5.74) is 2.06. The third-order valence-electron chi connectivity index (χ3n) is 3.30. The van der Waals surface area contributed by atoms with Gasteiger partial charge in [0.05, 0.1) is 0 Å². The highest BCUT2D eigenvalue weighted by molar-refractivity contribution is 6.24. The van der Waals surface area contributed by atoms with E-state index in [9.17, 15) is 0 Å². The van der Waals surface area contributed by atoms with Crippen LogP contribution < -0.4 is 0 Å². The SMILES string of the molecule is CC#COCc1ccccc1C(Cl)(CCCC)COC#CC. The van der Waals surface area contributed by atoms with E-state index in [2.05, 4.69) is 31.0 Å². The highest BCUT2D eigenvalue weighted by Gasteiger charge is 2.32. The number of halogens is 1. The largest absolute Gasteiger partial charge is 0.444 e. The Hall–Kier alpha value is -1.77. The van der Waals surface area contributed by atoms with Crippen molar-refractivity contribution in [1.29, 1.82) is 0 Å². The standard InChI is InChI=1S/C19H23ClO2/c1-4-7-12-19(20,16-22-14-6-3)18-11-9-8-10-17(18)15-21-13-5-2/h8-11H,4,7,12,15-16H2,1-3H3. The molecule has 0 heterocycles. The van der Waals surface area contributed by atoms with Crippen LogP contribution >= 0.6 is 11.6 Å². The van der Waals surface area contributed by atoms with Gasteiger partial charge in [-0.15, -0.1) is 11.6 Å². The van der Waals surface area contributed by atoms with E-state index in [-0.39, 0.29) is 0 Å². The Morgan fingerprint density at radius 1 is 1.09 bits per heavy atom. The summed E-state index contributed by atoms with van der Waals surface area (Å²) in [7, 11) is 0. The number of rotatable bonds is 8. The van der Waals surface area contributed by atoms with Crippen LogP contribution in [0.3, 0.4) is 0 Å². The summed E-state index contributed by atoms with van der Waals surface area (Å²) >= 11 is 6.91. The first kappa shape index (κ1) is 18.3. The van der Waals surface area contributed by atoms with Crippen LogP contribution in [-0.4, -0.2) is 6.61 Å². The molecule has 1 aromatic carbocycles. The molecule has 1 unspecified atom stereocenters. The fourth-order valence-electron chi connectivity index (χ4n) is 2.23. The van der Waals surface area contributed by atoms with Crippen LogP contribution in [0.4, 0.5) is 0 Å². The first-order chi connectivity index (χ1) is 10.7. The second-order valence-electron chi connectivity index (χ2n) is 5.01. The van der Waals surface area contributed by atoms with E-state index in [0.29, 0.717) is 13.2 Å². The monoisotopic (exact) mass is 318 g/mol. The van der Waals surface area contributed by atoms with E-state index < -0.39 is 4.87 Å². The van der Waals surface area contributed by atoms with Gasteiger partial charge in [-0.3, -0.25) is 0 Å². The predicted molar refractivity (Wildman–Crippen MR) is 91.1 cm³/mol. The van der Waals surface area contributed by atoms with Crippen LogP contribution in [-0.2, 0) is 21.0 Å². The van der Waals surface area contributed by atoms with Crippen LogP contribution in [0.5, 0.6) is 0 Å². The van der Waals surface area contributed by atoms with Gasteiger partial charge in [0.25, 0.3) is 0 Å². The molecule has 0 aromatic heterocycles. The zero-order valence-electron chi connectivity index (χ0n) is 13.5. The van der Waals surface area contributed by atoms with E-state index in [1.54, 1.807) is 13.8 Å². The number of benzene rings is 1. The van der Waals surface area contributed by atoms with Gasteiger partial charge in [0, 0.05) is 13.8 Å². The number of ether oxygens (including phenoxy) is 2. The van der Waals surface area contributed by atoms with Gasteiger partial charge in [0.15, 0.2) is 0 Å². The molecule has 2 nitrogen and oxygen atoms in total. The molecule has 1 atom stereocenters. The van der Waals surface area contributed by atoms with Crippen molar-refractivity contribution in [2.75, 3.05) is 6.61 Å². The van der Waals surface area contributed by atoms with Crippen molar-refractivity contribution in [3.05, 3.63) is 35.4 Å². The van der Waals surface area contributed by atoms with E-state index in [1.165, 1.54) is 0 Å². The summed E-state index contributed by atoms with van der Waals surface area (Å²) < 4.78 is 10.8. The Kier molecular flexibility index (Phi) is 8.34. The van der Waals surface area contributed by atoms with Crippen LogP contribution in [0.2, 0.25) is 0 Å². The van der Waals surface area contributed by atoms with Crippen molar-refractivity contribution in [3.8, 4) is 24.1 Å². The molecule has 118 valence electrons. The minimum absolute atomic E-state index is 0.353. The maximum atomic E-state index is 6.91. The normalized spacial score (nSPS) is 12.2. The molecule has 0 spiro atoms. The topological polar surface area (TPSA) is 18.5 Å². The highest BCUT2D eigenvalue weighted by atomic mass is 35.5. The maximum Gasteiger partial charge on any atom is 0.125 e. The van der Waals surface area contributed by atoms with E-state index in [1.807, 2.05) is 24.3 Å². The Balaban J connectivity index is 3.04. The van der Waals surface area contributed by atoms with Gasteiger partial charge >= 0.3 is 0 Å². The predicted octanol–water partition coefficient (Wildman–Crippen LogP) is 4.81. The maximum absolute atomic E-state index is 6.91. The number of hydrogen-bond donors (Lipinski definition) is 0. The fourth-order valence-corrected chi connectivity index (χ4v) is 2.61. The fraction of sp³-hybridized carbons (Fsp3) is 0.474. The summed E-state index contributed by atoms with van der Waals surface area (Å²) in [5.74, 6) is 5.45. The van der Waals surface area contributed by atoms with Gasteiger partial charge in [0.1, 0.15) is 30.3 Å². The van der Waals surface area contributed by atoms with E-state index in [4.69, 9.17) is 21.1 Å². The molecule has 0 aliphatic rings.